The molecule has 0 bridgehead atoms. The van der Waals surface area contributed by atoms with E-state index in [1.807, 2.05) is 0 Å². The second-order valence-electron chi connectivity index (χ2n) is 7.29. The first kappa shape index (κ1) is 22.2. The minimum absolute atomic E-state index is 0.0223. The molecule has 2 heterocycles. The number of anilines is 3. The van der Waals surface area contributed by atoms with E-state index in [4.69, 9.17) is 0 Å². The molecule has 0 spiro atoms. The summed E-state index contributed by atoms with van der Waals surface area (Å²) in [4.78, 5) is 16.5. The van der Waals surface area contributed by atoms with Crippen LogP contribution < -0.4 is 10.6 Å². The van der Waals surface area contributed by atoms with Crippen LogP contribution in [0.15, 0.2) is 41.3 Å². The van der Waals surface area contributed by atoms with Crippen molar-refractivity contribution in [1.82, 2.24) is 19.9 Å². The molecule has 0 amide bonds. The number of hydrogen-bond donors (Lipinski definition) is 2. The van der Waals surface area contributed by atoms with Gasteiger partial charge in [-0.3, -0.25) is 0 Å². The Morgan fingerprint density at radius 3 is 2.50 bits per heavy atom. The Morgan fingerprint density at radius 2 is 1.81 bits per heavy atom. The van der Waals surface area contributed by atoms with E-state index in [1.54, 1.807) is 0 Å². The van der Waals surface area contributed by atoms with E-state index in [-0.39, 0.29) is 34.0 Å². The molecule has 3 aromatic rings. The molecule has 32 heavy (non-hydrogen) atoms. The molecule has 1 aromatic carbocycles. The number of benzene rings is 1. The summed E-state index contributed by atoms with van der Waals surface area (Å²) in [6.45, 7) is 0.609. The maximum atomic E-state index is 13.9. The normalized spacial score (nSPS) is 14.8. The van der Waals surface area contributed by atoms with Crippen molar-refractivity contribution >= 4 is 28.8 Å². The van der Waals surface area contributed by atoms with Crippen molar-refractivity contribution in [3.63, 3.8) is 0 Å². The zero-order valence-electron chi connectivity index (χ0n) is 16.8. The largest absolute Gasteiger partial charge is 0.612 e. The molecule has 1 unspecified atom stereocenters. The van der Waals surface area contributed by atoms with Gasteiger partial charge in [0.25, 0.3) is 0 Å². The minimum atomic E-state index is -4.62. The second-order valence-corrected chi connectivity index (χ2v) is 8.67. The van der Waals surface area contributed by atoms with Gasteiger partial charge in [-0.25, -0.2) is 9.37 Å². The third-order valence-electron chi connectivity index (χ3n) is 4.61. The molecule has 4 rings (SSSR count). The van der Waals surface area contributed by atoms with Gasteiger partial charge in [-0.1, -0.05) is 6.07 Å². The summed E-state index contributed by atoms with van der Waals surface area (Å²) in [6.07, 6.45) is -1.05. The Hall–Kier alpha value is -2.99. The van der Waals surface area contributed by atoms with Crippen LogP contribution in [-0.4, -0.2) is 37.3 Å². The molecule has 2 N–H and O–H groups in total. The summed E-state index contributed by atoms with van der Waals surface area (Å²) < 4.78 is 64.9. The highest BCUT2D eigenvalue weighted by Crippen LogP contribution is 2.30. The molecule has 1 aliphatic rings. The zero-order valence-corrected chi connectivity index (χ0v) is 17.6. The fourth-order valence-electron chi connectivity index (χ4n) is 2.83. The van der Waals surface area contributed by atoms with E-state index in [0.29, 0.717) is 12.5 Å². The average Bonchev–Trinajstić information content (AvgIpc) is 3.56. The van der Waals surface area contributed by atoms with Gasteiger partial charge in [-0.2, -0.15) is 28.1 Å². The summed E-state index contributed by atoms with van der Waals surface area (Å²) in [7, 11) is 0. The lowest BCUT2D eigenvalue weighted by Crippen LogP contribution is -2.12. The number of alkyl halides is 3. The van der Waals surface area contributed by atoms with Crippen LogP contribution in [0.5, 0.6) is 0 Å². The summed E-state index contributed by atoms with van der Waals surface area (Å²) in [5.74, 6) is -0.0717. The Balaban J connectivity index is 1.70. The number of nitrogens with one attached hydrogen (secondary N) is 2. The van der Waals surface area contributed by atoms with Gasteiger partial charge < -0.3 is 15.2 Å². The van der Waals surface area contributed by atoms with E-state index < -0.39 is 28.9 Å². The Kier molecular flexibility index (Phi) is 6.15. The summed E-state index contributed by atoms with van der Waals surface area (Å²) >= 11 is -1.42. The Bertz CT molecular complexity index is 1120. The van der Waals surface area contributed by atoms with Gasteiger partial charge in [0, 0.05) is 24.4 Å². The molecule has 2 aromatic heterocycles. The van der Waals surface area contributed by atoms with Gasteiger partial charge in [-0.15, -0.1) is 0 Å². The number of halogens is 4. The van der Waals surface area contributed by atoms with Crippen LogP contribution in [0.1, 0.15) is 18.5 Å². The molecule has 1 fully saturated rings. The number of nitrogens with zero attached hydrogens (tertiary/aromatic N) is 4. The van der Waals surface area contributed by atoms with Crippen molar-refractivity contribution in [1.29, 1.82) is 0 Å². The zero-order chi connectivity index (χ0) is 22.9. The standard InChI is InChI=1S/C20H18F4N6OS/c1-32(31)14-8-12(21)7-13(9-14)26-19-29-17(28-18(30-19)25-10-11-5-6-11)15-3-2-4-16(27-15)20(22,23)24/h2-4,7-9,11H,5-6,10H2,1H3,(H2,25,26,28,29,30). The fourth-order valence-corrected chi connectivity index (χ4v) is 3.40. The first-order valence-corrected chi connectivity index (χ1v) is 11.2. The van der Waals surface area contributed by atoms with Crippen molar-refractivity contribution in [3.8, 4) is 11.5 Å². The lowest BCUT2D eigenvalue weighted by Gasteiger charge is -2.12. The van der Waals surface area contributed by atoms with Crippen LogP contribution in [0.25, 0.3) is 11.5 Å². The first-order chi connectivity index (χ1) is 15.2. The van der Waals surface area contributed by atoms with Crippen LogP contribution in [0, 0.1) is 11.7 Å². The number of pyridine rings is 1. The Labute approximate surface area is 183 Å². The van der Waals surface area contributed by atoms with Gasteiger partial charge in [0.15, 0.2) is 10.7 Å². The number of rotatable bonds is 7. The topological polar surface area (TPSA) is 98.7 Å². The second kappa shape index (κ2) is 8.87. The van der Waals surface area contributed by atoms with Gasteiger partial charge in [0.2, 0.25) is 11.9 Å². The summed E-state index contributed by atoms with van der Waals surface area (Å²) in [5, 5.41) is 5.87. The molecular weight excluding hydrogens is 448 g/mol. The van der Waals surface area contributed by atoms with Crippen molar-refractivity contribution in [2.24, 2.45) is 5.92 Å². The van der Waals surface area contributed by atoms with E-state index >= 15 is 0 Å². The molecule has 1 saturated carbocycles. The quantitative estimate of drug-likeness (QED) is 0.394. The van der Waals surface area contributed by atoms with E-state index in [0.717, 1.165) is 25.0 Å². The van der Waals surface area contributed by atoms with E-state index in [9.17, 15) is 22.1 Å². The molecule has 0 aliphatic heterocycles. The minimum Gasteiger partial charge on any atom is -0.612 e. The predicted molar refractivity (Wildman–Crippen MR) is 111 cm³/mol. The molecule has 0 radical (unpaired) electrons. The highest BCUT2D eigenvalue weighted by molar-refractivity contribution is 7.90. The maximum Gasteiger partial charge on any atom is 0.433 e. The van der Waals surface area contributed by atoms with E-state index in [2.05, 4.69) is 30.6 Å². The number of aromatic nitrogens is 4. The lowest BCUT2D eigenvalue weighted by molar-refractivity contribution is -0.141. The van der Waals surface area contributed by atoms with Crippen molar-refractivity contribution in [3.05, 3.63) is 47.9 Å². The van der Waals surface area contributed by atoms with E-state index in [1.165, 1.54) is 30.5 Å². The fraction of sp³-hybridized carbons (Fsp3) is 0.300. The molecule has 168 valence electrons. The maximum absolute atomic E-state index is 13.9. The highest BCUT2D eigenvalue weighted by atomic mass is 32.2. The average molecular weight is 466 g/mol. The summed E-state index contributed by atoms with van der Waals surface area (Å²) in [5.41, 5.74) is -0.926. The number of hydrogen-bond acceptors (Lipinski definition) is 7. The monoisotopic (exact) mass is 466 g/mol. The van der Waals surface area contributed by atoms with Gasteiger partial charge in [-0.05, 0) is 48.1 Å². The smallest absolute Gasteiger partial charge is 0.433 e. The third-order valence-corrected chi connectivity index (χ3v) is 5.51. The van der Waals surface area contributed by atoms with Crippen LogP contribution in [0.2, 0.25) is 0 Å². The van der Waals surface area contributed by atoms with Gasteiger partial charge in [0.1, 0.15) is 23.5 Å². The molecule has 7 nitrogen and oxygen atoms in total. The van der Waals surface area contributed by atoms with Crippen LogP contribution in [0.4, 0.5) is 35.1 Å². The highest BCUT2D eigenvalue weighted by Gasteiger charge is 2.32. The molecule has 0 saturated heterocycles. The predicted octanol–water partition coefficient (Wildman–Crippen LogP) is 4.39. The van der Waals surface area contributed by atoms with Gasteiger partial charge >= 0.3 is 6.18 Å². The van der Waals surface area contributed by atoms with Crippen LogP contribution >= 0.6 is 0 Å². The lowest BCUT2D eigenvalue weighted by atomic mass is 10.3. The van der Waals surface area contributed by atoms with Crippen LogP contribution in [-0.2, 0) is 17.4 Å². The first-order valence-electron chi connectivity index (χ1n) is 9.63. The van der Waals surface area contributed by atoms with Crippen LogP contribution in [0.3, 0.4) is 0 Å². The molecular formula is C20H18F4N6OS. The summed E-state index contributed by atoms with van der Waals surface area (Å²) in [6, 6.07) is 7.22. The molecule has 1 atom stereocenters. The third kappa shape index (κ3) is 5.62. The van der Waals surface area contributed by atoms with Crippen molar-refractivity contribution in [2.45, 2.75) is 23.9 Å². The van der Waals surface area contributed by atoms with Crippen molar-refractivity contribution in [2.75, 3.05) is 23.4 Å². The Morgan fingerprint density at radius 1 is 1.06 bits per heavy atom. The molecule has 12 heteroatoms. The van der Waals surface area contributed by atoms with Crippen molar-refractivity contribution < 1.29 is 22.1 Å². The van der Waals surface area contributed by atoms with Gasteiger partial charge in [0.05, 0.1) is 0 Å². The SMILES string of the molecule is C[S+]([O-])c1cc(F)cc(Nc2nc(NCC3CC3)nc(-c3cccc(C(F)(F)F)n3)n2)c1. The molecule has 1 aliphatic carbocycles.